The lowest BCUT2D eigenvalue weighted by Crippen LogP contribution is -2.43. The van der Waals surface area contributed by atoms with Gasteiger partial charge in [0.1, 0.15) is 0 Å². The van der Waals surface area contributed by atoms with E-state index < -0.39 is 6.29 Å². The molecule has 8 nitrogen and oxygen atoms in total. The summed E-state index contributed by atoms with van der Waals surface area (Å²) in [6, 6.07) is 30.3. The minimum atomic E-state index is -0.540. The summed E-state index contributed by atoms with van der Waals surface area (Å²) in [5.41, 5.74) is 7.12. The van der Waals surface area contributed by atoms with Crippen LogP contribution in [-0.4, -0.2) is 53.8 Å². The van der Waals surface area contributed by atoms with Crippen molar-refractivity contribution in [3.63, 3.8) is 0 Å². The first kappa shape index (κ1) is 32.3. The number of nitrogens with one attached hydrogen (secondary N) is 2. The highest BCUT2D eigenvalue weighted by molar-refractivity contribution is 5.74. The standard InChI is InChI=1S/C37H44N4O4/c1-4-38-37(43)40-23-31-9-5-6-11-33(31)28-16-18-30(19-17-28)36-44-34(24-41(3)22-20-32-10-7-8-21-39-32)26(2)35(45-36)29-14-12-27(25-42)13-15-29/h5-19,21,26,34-36,42H,4,20,22-25H2,1-3H3,(H2,38,40,43)/t26-,34+,35+,36+/m1/s1. The molecule has 236 valence electrons. The van der Waals surface area contributed by atoms with Crippen LogP contribution >= 0.6 is 0 Å². The highest BCUT2D eigenvalue weighted by Crippen LogP contribution is 2.42. The molecule has 2 heterocycles. The third kappa shape index (κ3) is 8.55. The molecule has 2 amide bonds. The van der Waals surface area contributed by atoms with Crippen LogP contribution in [0.4, 0.5) is 4.79 Å². The van der Waals surface area contributed by atoms with Crippen LogP contribution < -0.4 is 10.6 Å². The lowest BCUT2D eigenvalue weighted by Gasteiger charge is -2.42. The van der Waals surface area contributed by atoms with E-state index in [2.05, 4.69) is 70.9 Å². The zero-order valence-electron chi connectivity index (χ0n) is 26.4. The maximum Gasteiger partial charge on any atom is 0.315 e. The normalized spacial score (nSPS) is 19.8. The fourth-order valence-electron chi connectivity index (χ4n) is 5.75. The summed E-state index contributed by atoms with van der Waals surface area (Å²) in [7, 11) is 2.13. The zero-order chi connectivity index (χ0) is 31.6. The summed E-state index contributed by atoms with van der Waals surface area (Å²) < 4.78 is 13.4. The van der Waals surface area contributed by atoms with E-state index in [1.54, 1.807) is 0 Å². The van der Waals surface area contributed by atoms with Crippen LogP contribution in [0, 0.1) is 5.92 Å². The second-order valence-electron chi connectivity index (χ2n) is 11.6. The number of nitrogens with zero attached hydrogens (tertiary/aromatic N) is 2. The molecule has 1 aromatic heterocycles. The van der Waals surface area contributed by atoms with Gasteiger partial charge in [0.15, 0.2) is 6.29 Å². The van der Waals surface area contributed by atoms with Gasteiger partial charge in [-0.3, -0.25) is 4.98 Å². The average Bonchev–Trinajstić information content (AvgIpc) is 3.08. The SMILES string of the molecule is CCNC(=O)NCc1ccccc1-c1ccc([C@H]2O[C@@H](CN(C)CCc3ccccn3)[C@@H](C)[C@@H](c3ccc(CO)cc3)O2)cc1. The van der Waals surface area contributed by atoms with Gasteiger partial charge in [0.25, 0.3) is 0 Å². The molecular weight excluding hydrogens is 564 g/mol. The molecule has 4 aromatic rings. The van der Waals surface area contributed by atoms with Gasteiger partial charge in [-0.1, -0.05) is 85.8 Å². The summed E-state index contributed by atoms with van der Waals surface area (Å²) in [4.78, 5) is 18.8. The molecule has 0 radical (unpaired) electrons. The second kappa shape index (κ2) is 15.8. The molecule has 0 aliphatic carbocycles. The summed E-state index contributed by atoms with van der Waals surface area (Å²) in [6.45, 7) is 6.73. The molecule has 0 spiro atoms. The number of likely N-dealkylation sites (N-methyl/N-ethyl adjacent to an activating group) is 1. The fraction of sp³-hybridized carbons (Fsp3) is 0.351. The summed E-state index contributed by atoms with van der Waals surface area (Å²) in [5, 5.41) is 15.3. The van der Waals surface area contributed by atoms with Gasteiger partial charge in [0.2, 0.25) is 0 Å². The third-order valence-electron chi connectivity index (χ3n) is 8.38. The lowest BCUT2D eigenvalue weighted by molar-refractivity contribution is -0.275. The topological polar surface area (TPSA) is 96.0 Å². The van der Waals surface area contributed by atoms with Crippen molar-refractivity contribution < 1.29 is 19.4 Å². The molecule has 1 fully saturated rings. The Bertz CT molecular complexity index is 1500. The number of pyridine rings is 1. The molecule has 0 bridgehead atoms. The molecular formula is C37H44N4O4. The fourth-order valence-corrected chi connectivity index (χ4v) is 5.75. The number of hydrogen-bond acceptors (Lipinski definition) is 6. The molecule has 1 aliphatic heterocycles. The van der Waals surface area contributed by atoms with Gasteiger partial charge in [-0.25, -0.2) is 4.79 Å². The number of benzene rings is 3. The Morgan fingerprint density at radius 3 is 2.36 bits per heavy atom. The molecule has 3 aromatic carbocycles. The minimum absolute atomic E-state index is 0.00820. The maximum absolute atomic E-state index is 12.0. The van der Waals surface area contributed by atoms with Gasteiger partial charge in [0, 0.05) is 56.0 Å². The van der Waals surface area contributed by atoms with Crippen molar-refractivity contribution in [3.8, 4) is 11.1 Å². The molecule has 1 saturated heterocycles. The number of ether oxygens (including phenoxy) is 2. The van der Waals surface area contributed by atoms with Crippen molar-refractivity contribution in [2.24, 2.45) is 5.92 Å². The molecule has 3 N–H and O–H groups in total. The number of rotatable bonds is 12. The number of aliphatic hydroxyl groups excluding tert-OH is 1. The van der Waals surface area contributed by atoms with Crippen LogP contribution in [0.1, 0.15) is 54.2 Å². The van der Waals surface area contributed by atoms with Crippen molar-refractivity contribution in [2.75, 3.05) is 26.7 Å². The molecule has 0 unspecified atom stereocenters. The average molecular weight is 609 g/mol. The van der Waals surface area contributed by atoms with E-state index in [1.807, 2.05) is 67.7 Å². The van der Waals surface area contributed by atoms with Gasteiger partial charge in [0.05, 0.1) is 18.8 Å². The van der Waals surface area contributed by atoms with Crippen molar-refractivity contribution >= 4 is 6.03 Å². The van der Waals surface area contributed by atoms with E-state index in [-0.39, 0.29) is 30.8 Å². The zero-order valence-corrected chi connectivity index (χ0v) is 26.4. The largest absolute Gasteiger partial charge is 0.392 e. The first-order valence-corrected chi connectivity index (χ1v) is 15.7. The summed E-state index contributed by atoms with van der Waals surface area (Å²) in [6.07, 6.45) is 1.92. The number of carbonyl (C=O) groups excluding carboxylic acids is 1. The van der Waals surface area contributed by atoms with E-state index in [9.17, 15) is 9.90 Å². The van der Waals surface area contributed by atoms with Crippen LogP contribution in [0.3, 0.4) is 0 Å². The van der Waals surface area contributed by atoms with Crippen LogP contribution in [0.2, 0.25) is 0 Å². The quantitative estimate of drug-likeness (QED) is 0.182. The van der Waals surface area contributed by atoms with E-state index >= 15 is 0 Å². The minimum Gasteiger partial charge on any atom is -0.392 e. The van der Waals surface area contributed by atoms with Crippen LogP contribution in [0.15, 0.2) is 97.2 Å². The Morgan fingerprint density at radius 2 is 1.64 bits per heavy atom. The van der Waals surface area contributed by atoms with Gasteiger partial charge in [-0.05, 0) is 53.9 Å². The third-order valence-corrected chi connectivity index (χ3v) is 8.38. The van der Waals surface area contributed by atoms with Crippen molar-refractivity contribution in [1.29, 1.82) is 0 Å². The van der Waals surface area contributed by atoms with Crippen molar-refractivity contribution in [2.45, 2.75) is 51.9 Å². The Balaban J connectivity index is 1.34. The molecule has 4 atom stereocenters. The maximum atomic E-state index is 12.0. The van der Waals surface area contributed by atoms with E-state index in [1.165, 1.54) is 0 Å². The highest BCUT2D eigenvalue weighted by atomic mass is 16.7. The Morgan fingerprint density at radius 1 is 0.911 bits per heavy atom. The first-order valence-electron chi connectivity index (χ1n) is 15.7. The number of aliphatic hydroxyl groups is 1. The van der Waals surface area contributed by atoms with Gasteiger partial charge < -0.3 is 30.1 Å². The van der Waals surface area contributed by atoms with Crippen LogP contribution in [0.5, 0.6) is 0 Å². The summed E-state index contributed by atoms with van der Waals surface area (Å²) in [5.74, 6) is 0.0992. The van der Waals surface area contributed by atoms with E-state index in [0.717, 1.165) is 58.6 Å². The molecule has 0 saturated carbocycles. The van der Waals surface area contributed by atoms with Crippen molar-refractivity contribution in [3.05, 3.63) is 125 Å². The number of aromatic nitrogens is 1. The van der Waals surface area contributed by atoms with E-state index in [0.29, 0.717) is 13.1 Å². The van der Waals surface area contributed by atoms with Gasteiger partial charge in [-0.15, -0.1) is 0 Å². The molecule has 5 rings (SSSR count). The van der Waals surface area contributed by atoms with Crippen LogP contribution in [-0.2, 0) is 29.0 Å². The Labute approximate surface area is 266 Å². The first-order chi connectivity index (χ1) is 21.9. The molecule has 45 heavy (non-hydrogen) atoms. The number of urea groups is 1. The van der Waals surface area contributed by atoms with Gasteiger partial charge in [-0.2, -0.15) is 0 Å². The predicted molar refractivity (Wildman–Crippen MR) is 176 cm³/mol. The summed E-state index contributed by atoms with van der Waals surface area (Å²) >= 11 is 0. The van der Waals surface area contributed by atoms with Crippen LogP contribution in [0.25, 0.3) is 11.1 Å². The highest BCUT2D eigenvalue weighted by Gasteiger charge is 2.38. The Kier molecular flexibility index (Phi) is 11.3. The molecule has 1 aliphatic rings. The van der Waals surface area contributed by atoms with E-state index in [4.69, 9.17) is 9.47 Å². The number of hydrogen-bond donors (Lipinski definition) is 3. The number of amides is 2. The molecule has 8 heteroatoms. The second-order valence-corrected chi connectivity index (χ2v) is 11.6. The Hall–Kier alpha value is -4.08. The van der Waals surface area contributed by atoms with Crippen molar-refractivity contribution in [1.82, 2.24) is 20.5 Å². The monoisotopic (exact) mass is 608 g/mol. The lowest BCUT2D eigenvalue weighted by atomic mass is 9.90. The smallest absolute Gasteiger partial charge is 0.315 e. The van der Waals surface area contributed by atoms with Gasteiger partial charge >= 0.3 is 6.03 Å². The predicted octanol–water partition coefficient (Wildman–Crippen LogP) is 6.03. The number of carbonyl (C=O) groups is 1.